The molecule has 4 rings (SSSR count). The van der Waals surface area contributed by atoms with Gasteiger partial charge in [-0.05, 0) is 62.4 Å². The number of carbonyl (C=O) groups excluding carboxylic acids is 3. The third-order valence-corrected chi connectivity index (χ3v) is 5.73. The van der Waals surface area contributed by atoms with Crippen molar-refractivity contribution in [2.75, 3.05) is 18.4 Å². The van der Waals surface area contributed by atoms with E-state index in [2.05, 4.69) is 5.32 Å². The van der Waals surface area contributed by atoms with E-state index >= 15 is 0 Å². The highest BCUT2D eigenvalue weighted by atomic mass is 16.2. The number of fused-ring (bicyclic) bond motifs is 1. The van der Waals surface area contributed by atoms with Gasteiger partial charge in [-0.25, -0.2) is 0 Å². The van der Waals surface area contributed by atoms with Crippen LogP contribution in [0.5, 0.6) is 0 Å². The van der Waals surface area contributed by atoms with Gasteiger partial charge in [-0.15, -0.1) is 0 Å². The topological polar surface area (TPSA) is 71.4 Å². The zero-order valence-electron chi connectivity index (χ0n) is 18.0. The number of ketones is 1. The number of aryl methyl sites for hydroxylation is 2. The first-order valence-corrected chi connectivity index (χ1v) is 10.7. The van der Waals surface area contributed by atoms with Crippen LogP contribution in [0, 0.1) is 13.8 Å². The number of anilines is 1. The van der Waals surface area contributed by atoms with E-state index in [0.29, 0.717) is 16.6 Å². The molecule has 0 atom stereocenters. The average molecular weight is 418 g/mol. The number of Topliss-reactive ketones (excluding diaryl/α,β-unsaturated/α-hetero) is 1. The van der Waals surface area contributed by atoms with Crippen LogP contribution < -0.4 is 5.32 Å². The Morgan fingerprint density at radius 2 is 1.61 bits per heavy atom. The maximum atomic E-state index is 13.0. The Morgan fingerprint density at radius 1 is 0.935 bits per heavy atom. The van der Waals surface area contributed by atoms with Gasteiger partial charge in [-0.3, -0.25) is 14.4 Å². The van der Waals surface area contributed by atoms with E-state index in [1.54, 1.807) is 10.8 Å². The van der Waals surface area contributed by atoms with Crippen molar-refractivity contribution in [2.24, 2.45) is 0 Å². The summed E-state index contributed by atoms with van der Waals surface area (Å²) in [6.07, 6.45) is 4.85. The van der Waals surface area contributed by atoms with E-state index in [9.17, 15) is 14.4 Å². The van der Waals surface area contributed by atoms with Gasteiger partial charge in [-0.2, -0.15) is 0 Å². The summed E-state index contributed by atoms with van der Waals surface area (Å²) in [5.74, 6) is -1.26. The zero-order chi connectivity index (χ0) is 22.0. The van der Waals surface area contributed by atoms with Crippen molar-refractivity contribution in [3.63, 3.8) is 0 Å². The number of aromatic nitrogens is 1. The van der Waals surface area contributed by atoms with Crippen molar-refractivity contribution in [1.82, 2.24) is 9.47 Å². The van der Waals surface area contributed by atoms with Crippen LogP contribution in [0.2, 0.25) is 0 Å². The van der Waals surface area contributed by atoms with E-state index in [-0.39, 0.29) is 12.5 Å². The number of carbonyl (C=O) groups is 3. The quantitative estimate of drug-likeness (QED) is 0.502. The molecule has 6 heteroatoms. The third kappa shape index (κ3) is 4.53. The van der Waals surface area contributed by atoms with E-state index < -0.39 is 11.7 Å². The minimum atomic E-state index is -0.685. The van der Waals surface area contributed by atoms with Gasteiger partial charge in [-0.1, -0.05) is 24.3 Å². The first-order chi connectivity index (χ1) is 14.9. The summed E-state index contributed by atoms with van der Waals surface area (Å²) in [6.45, 7) is 5.60. The van der Waals surface area contributed by atoms with Crippen LogP contribution in [-0.2, 0) is 16.1 Å². The van der Waals surface area contributed by atoms with Gasteiger partial charge in [0.1, 0.15) is 6.54 Å². The van der Waals surface area contributed by atoms with Crippen LogP contribution in [0.4, 0.5) is 5.69 Å². The van der Waals surface area contributed by atoms with Crippen molar-refractivity contribution in [3.8, 4) is 0 Å². The number of likely N-dealkylation sites (tertiary alicyclic amines) is 1. The van der Waals surface area contributed by atoms with E-state index in [0.717, 1.165) is 49.0 Å². The number of nitrogens with one attached hydrogen (secondary N) is 1. The second kappa shape index (κ2) is 8.76. The van der Waals surface area contributed by atoms with Crippen molar-refractivity contribution < 1.29 is 14.4 Å². The fourth-order valence-electron chi connectivity index (χ4n) is 4.30. The molecule has 0 bridgehead atoms. The highest BCUT2D eigenvalue weighted by Gasteiger charge is 2.24. The Morgan fingerprint density at radius 3 is 2.32 bits per heavy atom. The maximum Gasteiger partial charge on any atom is 0.296 e. The zero-order valence-corrected chi connectivity index (χ0v) is 18.0. The summed E-state index contributed by atoms with van der Waals surface area (Å²) in [7, 11) is 0. The van der Waals surface area contributed by atoms with Gasteiger partial charge in [0.15, 0.2) is 0 Å². The Hall–Kier alpha value is -3.41. The minimum absolute atomic E-state index is 0.0409. The van der Waals surface area contributed by atoms with Crippen molar-refractivity contribution in [2.45, 2.75) is 39.7 Å². The summed E-state index contributed by atoms with van der Waals surface area (Å²) >= 11 is 0. The number of hydrogen-bond acceptors (Lipinski definition) is 3. The largest absolute Gasteiger partial charge is 0.341 e. The van der Waals surface area contributed by atoms with Crippen molar-refractivity contribution >= 4 is 34.2 Å². The van der Waals surface area contributed by atoms with Gasteiger partial charge in [0, 0.05) is 35.9 Å². The molecular formula is C25H27N3O3. The molecule has 0 spiro atoms. The normalized spacial score (nSPS) is 13.9. The summed E-state index contributed by atoms with van der Waals surface area (Å²) < 4.78 is 1.78. The van der Waals surface area contributed by atoms with E-state index in [1.165, 1.54) is 0 Å². The first-order valence-electron chi connectivity index (χ1n) is 10.7. The molecule has 2 amide bonds. The molecule has 6 nitrogen and oxygen atoms in total. The predicted octanol–water partition coefficient (Wildman–Crippen LogP) is 4.09. The number of para-hydroxylation sites is 1. The number of nitrogens with zero attached hydrogens (tertiary/aromatic N) is 2. The van der Waals surface area contributed by atoms with Crippen LogP contribution in [0.3, 0.4) is 0 Å². The molecule has 1 N–H and O–H groups in total. The van der Waals surface area contributed by atoms with Crippen LogP contribution in [0.25, 0.3) is 10.9 Å². The molecule has 3 aromatic rings. The highest BCUT2D eigenvalue weighted by molar-refractivity contribution is 6.48. The van der Waals surface area contributed by atoms with Gasteiger partial charge in [0.25, 0.3) is 11.7 Å². The maximum absolute atomic E-state index is 13.0. The van der Waals surface area contributed by atoms with Crippen LogP contribution >= 0.6 is 0 Å². The Labute approximate surface area is 181 Å². The predicted molar refractivity (Wildman–Crippen MR) is 121 cm³/mol. The molecule has 1 aromatic heterocycles. The van der Waals surface area contributed by atoms with Gasteiger partial charge < -0.3 is 14.8 Å². The smallest absolute Gasteiger partial charge is 0.296 e. The molecule has 1 aliphatic rings. The monoisotopic (exact) mass is 417 g/mol. The van der Waals surface area contributed by atoms with E-state index in [1.807, 2.05) is 61.2 Å². The lowest BCUT2D eigenvalue weighted by atomic mass is 10.1. The second-order valence-corrected chi connectivity index (χ2v) is 8.29. The Bertz CT molecular complexity index is 1140. The fraction of sp³-hybridized carbons (Fsp3) is 0.320. The third-order valence-electron chi connectivity index (χ3n) is 5.73. The molecule has 0 saturated carbocycles. The first kappa shape index (κ1) is 20.8. The van der Waals surface area contributed by atoms with Crippen molar-refractivity contribution in [3.05, 3.63) is 65.4 Å². The Balaban J connectivity index is 1.59. The summed E-state index contributed by atoms with van der Waals surface area (Å²) in [6, 6.07) is 13.1. The number of piperidine rings is 1. The number of amides is 2. The van der Waals surface area contributed by atoms with Gasteiger partial charge >= 0.3 is 0 Å². The fourth-order valence-corrected chi connectivity index (χ4v) is 4.30. The van der Waals surface area contributed by atoms with Crippen LogP contribution in [0.15, 0.2) is 48.7 Å². The molecule has 160 valence electrons. The Kier molecular flexibility index (Phi) is 5.89. The number of benzene rings is 2. The molecule has 1 fully saturated rings. The average Bonchev–Trinajstić information content (AvgIpc) is 3.11. The summed E-state index contributed by atoms with van der Waals surface area (Å²) in [5.41, 5.74) is 3.70. The molecule has 2 heterocycles. The molecule has 2 aromatic carbocycles. The molecule has 31 heavy (non-hydrogen) atoms. The number of hydrogen-bond donors (Lipinski definition) is 1. The molecular weight excluding hydrogens is 390 g/mol. The molecule has 0 unspecified atom stereocenters. The highest BCUT2D eigenvalue weighted by Crippen LogP contribution is 2.23. The lowest BCUT2D eigenvalue weighted by molar-refractivity contribution is -0.132. The van der Waals surface area contributed by atoms with Crippen LogP contribution in [-0.4, -0.2) is 40.2 Å². The molecule has 1 aliphatic heterocycles. The molecule has 0 radical (unpaired) electrons. The summed E-state index contributed by atoms with van der Waals surface area (Å²) in [4.78, 5) is 40.4. The number of rotatable bonds is 5. The SMILES string of the molecule is Cc1cc(C)cc(NC(=O)C(=O)c2cn(CC(=O)N3CCCCC3)c3ccccc23)c1. The van der Waals surface area contributed by atoms with Crippen LogP contribution in [0.1, 0.15) is 40.7 Å². The summed E-state index contributed by atoms with van der Waals surface area (Å²) in [5, 5.41) is 3.39. The van der Waals surface area contributed by atoms with Gasteiger partial charge in [0.05, 0.1) is 5.56 Å². The van der Waals surface area contributed by atoms with Crippen molar-refractivity contribution in [1.29, 1.82) is 0 Å². The second-order valence-electron chi connectivity index (χ2n) is 8.29. The lowest BCUT2D eigenvalue weighted by Gasteiger charge is -2.27. The van der Waals surface area contributed by atoms with Gasteiger partial charge in [0.2, 0.25) is 5.91 Å². The minimum Gasteiger partial charge on any atom is -0.341 e. The standard InChI is InChI=1S/C25H27N3O3/c1-17-12-18(2)14-19(13-17)26-25(31)24(30)21-15-28(22-9-5-4-8-20(21)22)16-23(29)27-10-6-3-7-11-27/h4-5,8-9,12-15H,3,6-7,10-11,16H2,1-2H3,(H,26,31). The van der Waals surface area contributed by atoms with E-state index in [4.69, 9.17) is 0 Å². The lowest BCUT2D eigenvalue weighted by Crippen LogP contribution is -2.37. The molecule has 1 saturated heterocycles. The molecule has 0 aliphatic carbocycles.